The highest BCUT2D eigenvalue weighted by Gasteiger charge is 2.20. The zero-order chi connectivity index (χ0) is 12.1. The highest BCUT2D eigenvalue weighted by Crippen LogP contribution is 2.05. The molecule has 0 spiro atoms. The van der Waals surface area contributed by atoms with Crippen molar-refractivity contribution in [3.63, 3.8) is 0 Å². The minimum Gasteiger partial charge on any atom is -0.197 e. The number of hydrogen-bond donors (Lipinski definition) is 0. The third-order valence-electron chi connectivity index (χ3n) is 1.58. The Balaban J connectivity index is 4.22. The van der Waals surface area contributed by atoms with E-state index in [1.54, 1.807) is 6.92 Å². The first-order valence-corrected chi connectivity index (χ1v) is 7.22. The van der Waals surface area contributed by atoms with Crippen LogP contribution in [0.4, 0.5) is 3.89 Å². The summed E-state index contributed by atoms with van der Waals surface area (Å²) in [5, 5.41) is 0. The van der Waals surface area contributed by atoms with Crippen LogP contribution in [0.25, 0.3) is 0 Å². The van der Waals surface area contributed by atoms with E-state index in [1.807, 2.05) is 0 Å². The van der Waals surface area contributed by atoms with Gasteiger partial charge in [0.25, 0.3) is 10.1 Å². The number of nitrogens with zero attached hydrogens (tertiary/aromatic N) is 1. The van der Waals surface area contributed by atoms with E-state index < -0.39 is 26.3 Å². The quantitative estimate of drug-likeness (QED) is 0.607. The highest BCUT2D eigenvalue weighted by molar-refractivity contribution is 7.85. The molecule has 0 aliphatic rings. The molecule has 0 N–H and O–H groups in total. The molecule has 0 unspecified atom stereocenters. The van der Waals surface area contributed by atoms with Crippen molar-refractivity contribution in [1.82, 2.24) is 4.31 Å². The molecule has 0 aromatic rings. The van der Waals surface area contributed by atoms with E-state index in [0.717, 1.165) is 0 Å². The molecule has 0 aromatic heterocycles. The Morgan fingerprint density at radius 3 is 2.00 bits per heavy atom. The molecule has 0 bridgehead atoms. The van der Waals surface area contributed by atoms with Gasteiger partial charge in [-0.25, -0.2) is 0 Å². The van der Waals surface area contributed by atoms with E-state index in [1.165, 1.54) is 0 Å². The van der Waals surface area contributed by atoms with E-state index in [-0.39, 0.29) is 19.5 Å². The molecule has 0 fully saturated rings. The number of hydrogen-bond acceptors (Lipinski definition) is 4. The van der Waals surface area contributed by atoms with Crippen LogP contribution in [0.5, 0.6) is 0 Å². The first kappa shape index (κ1) is 14.8. The molecular formula is C6H13FNO5S2. The molecule has 0 heterocycles. The van der Waals surface area contributed by atoms with Crippen LogP contribution in [-0.2, 0) is 25.1 Å². The summed E-state index contributed by atoms with van der Waals surface area (Å²) in [7, 11) is -9.18. The van der Waals surface area contributed by atoms with Crippen molar-refractivity contribution >= 4 is 20.5 Å². The van der Waals surface area contributed by atoms with Gasteiger partial charge >= 0.3 is 10.4 Å². The van der Waals surface area contributed by atoms with Crippen LogP contribution < -0.4 is 0 Å². The molecule has 0 atom stereocenters. The molecule has 0 aromatic carbocycles. The molecule has 1 radical (unpaired) electrons. The SMILES string of the molecule is CCCN(CCCS([O])(=O)=O)S(=O)(=O)F. The summed E-state index contributed by atoms with van der Waals surface area (Å²) in [6, 6.07) is 0. The van der Waals surface area contributed by atoms with Gasteiger partial charge in [-0.2, -0.15) is 21.1 Å². The minimum absolute atomic E-state index is 0.0300. The first-order valence-electron chi connectivity index (χ1n) is 4.30. The van der Waals surface area contributed by atoms with Gasteiger partial charge < -0.3 is 0 Å². The van der Waals surface area contributed by atoms with E-state index in [0.29, 0.717) is 10.7 Å². The van der Waals surface area contributed by atoms with Crippen molar-refractivity contribution in [3.8, 4) is 0 Å². The van der Waals surface area contributed by atoms with Crippen LogP contribution in [0.15, 0.2) is 0 Å². The standard InChI is InChI=1S/C6H13FNO5S2/c1-2-4-8(15(7,12)13)5-3-6-14(9,10)11/h2-6H2,1H3. The molecule has 0 rings (SSSR count). The summed E-state index contributed by atoms with van der Waals surface area (Å²) >= 11 is 0. The Hall–Kier alpha value is -0.250. The normalized spacial score (nSPS) is 13.3. The third kappa shape index (κ3) is 7.65. The fraction of sp³-hybridized carbons (Fsp3) is 1.00. The van der Waals surface area contributed by atoms with E-state index in [4.69, 9.17) is 0 Å². The summed E-state index contributed by atoms with van der Waals surface area (Å²) in [5.74, 6) is -0.692. The van der Waals surface area contributed by atoms with Gasteiger partial charge in [-0.1, -0.05) is 15.4 Å². The highest BCUT2D eigenvalue weighted by atomic mass is 32.3. The third-order valence-corrected chi connectivity index (χ3v) is 3.35. The molecule has 6 nitrogen and oxygen atoms in total. The van der Waals surface area contributed by atoms with Crippen molar-refractivity contribution < 1.29 is 25.3 Å². The summed E-state index contributed by atoms with van der Waals surface area (Å²) in [6.45, 7) is 1.33. The zero-order valence-corrected chi connectivity index (χ0v) is 9.85. The molecule has 0 aliphatic carbocycles. The molecule has 15 heavy (non-hydrogen) atoms. The summed E-state index contributed by atoms with van der Waals surface area (Å²) < 4.78 is 64.7. The second kappa shape index (κ2) is 5.73. The molecular weight excluding hydrogens is 249 g/mol. The van der Waals surface area contributed by atoms with Crippen LogP contribution in [0.2, 0.25) is 0 Å². The van der Waals surface area contributed by atoms with Crippen LogP contribution in [-0.4, -0.2) is 40.0 Å². The first-order chi connectivity index (χ1) is 6.67. The molecule has 0 amide bonds. The number of rotatable bonds is 7. The van der Waals surface area contributed by atoms with Crippen molar-refractivity contribution in [2.75, 3.05) is 18.8 Å². The van der Waals surface area contributed by atoms with Gasteiger partial charge in [-0.3, -0.25) is 0 Å². The Labute approximate surface area is 89.2 Å². The van der Waals surface area contributed by atoms with E-state index >= 15 is 0 Å². The summed E-state index contributed by atoms with van der Waals surface area (Å²) in [5.41, 5.74) is 0. The molecule has 0 aliphatic heterocycles. The lowest BCUT2D eigenvalue weighted by Gasteiger charge is -2.15. The van der Waals surface area contributed by atoms with Gasteiger partial charge in [-0.05, 0) is 12.8 Å². The number of halogens is 1. The molecule has 0 saturated heterocycles. The Kier molecular flexibility index (Phi) is 5.63. The Morgan fingerprint density at radius 2 is 1.67 bits per heavy atom. The van der Waals surface area contributed by atoms with Crippen LogP contribution in [0, 0.1) is 0 Å². The van der Waals surface area contributed by atoms with Gasteiger partial charge in [0.15, 0.2) is 0 Å². The van der Waals surface area contributed by atoms with Gasteiger partial charge in [0.05, 0.1) is 5.75 Å². The predicted octanol–water partition coefficient (Wildman–Crippen LogP) is 0.0631. The van der Waals surface area contributed by atoms with Crippen LogP contribution >= 0.6 is 0 Å². The monoisotopic (exact) mass is 262 g/mol. The second-order valence-electron chi connectivity index (χ2n) is 2.96. The van der Waals surface area contributed by atoms with Crippen molar-refractivity contribution in [2.24, 2.45) is 0 Å². The predicted molar refractivity (Wildman–Crippen MR) is 51.0 cm³/mol. The molecule has 9 heteroatoms. The lowest BCUT2D eigenvalue weighted by Crippen LogP contribution is -2.30. The van der Waals surface area contributed by atoms with Crippen LogP contribution in [0.1, 0.15) is 19.8 Å². The summed E-state index contributed by atoms with van der Waals surface area (Å²) in [4.78, 5) is 0. The maximum absolute atomic E-state index is 12.5. The largest absolute Gasteiger partial charge is 0.374 e. The lowest BCUT2D eigenvalue weighted by molar-refractivity contribution is 0.375. The Morgan fingerprint density at radius 1 is 1.13 bits per heavy atom. The van der Waals surface area contributed by atoms with Crippen LogP contribution in [0.3, 0.4) is 0 Å². The fourth-order valence-electron chi connectivity index (χ4n) is 0.997. The van der Waals surface area contributed by atoms with Crippen molar-refractivity contribution in [3.05, 3.63) is 0 Å². The molecule has 91 valence electrons. The Bertz CT molecular complexity index is 376. The maximum Gasteiger partial charge on any atom is 0.374 e. The summed E-state index contributed by atoms with van der Waals surface area (Å²) in [6.07, 6.45) is 0.211. The van der Waals surface area contributed by atoms with Gasteiger partial charge in [0.1, 0.15) is 0 Å². The zero-order valence-electron chi connectivity index (χ0n) is 8.22. The fourth-order valence-corrected chi connectivity index (χ4v) is 2.23. The topological polar surface area (TPSA) is 91.4 Å². The van der Waals surface area contributed by atoms with E-state index in [9.17, 15) is 25.3 Å². The average Bonchev–Trinajstić information content (AvgIpc) is 1.98. The minimum atomic E-state index is -4.81. The second-order valence-corrected chi connectivity index (χ2v) is 5.82. The van der Waals surface area contributed by atoms with Gasteiger partial charge in [0, 0.05) is 13.1 Å². The molecule has 0 saturated carbocycles. The lowest BCUT2D eigenvalue weighted by atomic mass is 10.4. The maximum atomic E-state index is 12.5. The van der Waals surface area contributed by atoms with Gasteiger partial charge in [-0.15, -0.1) is 0 Å². The average molecular weight is 262 g/mol. The van der Waals surface area contributed by atoms with E-state index in [2.05, 4.69) is 0 Å². The van der Waals surface area contributed by atoms with Crippen molar-refractivity contribution in [1.29, 1.82) is 0 Å². The van der Waals surface area contributed by atoms with Crippen molar-refractivity contribution in [2.45, 2.75) is 19.8 Å². The van der Waals surface area contributed by atoms with Gasteiger partial charge in [0.2, 0.25) is 0 Å². The smallest absolute Gasteiger partial charge is 0.197 e.